The maximum atomic E-state index is 12.7. The van der Waals surface area contributed by atoms with Crippen LogP contribution in [0, 0.1) is 6.92 Å². The second kappa shape index (κ2) is 11.8. The Kier molecular flexibility index (Phi) is 8.33. The highest BCUT2D eigenvalue weighted by atomic mass is 32.1. The van der Waals surface area contributed by atoms with Crippen molar-refractivity contribution in [2.45, 2.75) is 32.4 Å². The molecule has 0 spiro atoms. The molecular formula is C27H31N3O3S. The molecule has 1 aliphatic rings. The number of amides is 1. The van der Waals surface area contributed by atoms with Gasteiger partial charge < -0.3 is 14.8 Å². The maximum absolute atomic E-state index is 12.7. The SMILES string of the molecule is COc1cccc(C(CNC(=O)/C=C/c2ccccc2OCc2csc(C)n2)N2CCCC2)c1. The van der Waals surface area contributed by atoms with Crippen LogP contribution in [0.3, 0.4) is 0 Å². The molecule has 0 saturated carbocycles. The molecule has 1 atom stereocenters. The number of aryl methyl sites for hydroxylation is 1. The number of benzene rings is 2. The Hall–Kier alpha value is -3.16. The van der Waals surface area contributed by atoms with Crippen molar-refractivity contribution >= 4 is 23.3 Å². The number of methoxy groups -OCH3 is 1. The molecule has 0 radical (unpaired) electrons. The van der Waals surface area contributed by atoms with E-state index in [1.165, 1.54) is 12.8 Å². The topological polar surface area (TPSA) is 63.7 Å². The molecule has 1 amide bonds. The monoisotopic (exact) mass is 477 g/mol. The molecule has 1 aromatic heterocycles. The second-order valence-corrected chi connectivity index (χ2v) is 9.36. The van der Waals surface area contributed by atoms with Crippen LogP contribution < -0.4 is 14.8 Å². The highest BCUT2D eigenvalue weighted by molar-refractivity contribution is 7.09. The van der Waals surface area contributed by atoms with E-state index in [1.54, 1.807) is 30.6 Å². The van der Waals surface area contributed by atoms with Crippen LogP contribution in [0.4, 0.5) is 0 Å². The third-order valence-electron chi connectivity index (χ3n) is 5.91. The third-order valence-corrected chi connectivity index (χ3v) is 6.73. The first-order valence-electron chi connectivity index (χ1n) is 11.6. The zero-order chi connectivity index (χ0) is 23.8. The standard InChI is InChI=1S/C27H31N3O3S/c1-20-29-23(19-34-20)18-33-26-11-4-3-8-21(26)12-13-27(31)28-17-25(30-14-5-6-15-30)22-9-7-10-24(16-22)32-2/h3-4,7-13,16,19,25H,5-6,14-15,17-18H2,1-2H3,(H,28,31)/b13-12+. The molecule has 1 fully saturated rings. The Morgan fingerprint density at radius 1 is 1.21 bits per heavy atom. The number of likely N-dealkylation sites (tertiary alicyclic amines) is 1. The average Bonchev–Trinajstić information content (AvgIpc) is 3.54. The molecule has 1 saturated heterocycles. The number of rotatable bonds is 10. The van der Waals surface area contributed by atoms with Gasteiger partial charge in [0.25, 0.3) is 0 Å². The van der Waals surface area contributed by atoms with Crippen molar-refractivity contribution in [3.05, 3.63) is 81.8 Å². The number of nitrogens with one attached hydrogen (secondary N) is 1. The lowest BCUT2D eigenvalue weighted by Crippen LogP contribution is -2.36. The van der Waals surface area contributed by atoms with Crippen molar-refractivity contribution in [2.75, 3.05) is 26.7 Å². The molecule has 2 aromatic carbocycles. The Morgan fingerprint density at radius 2 is 2.03 bits per heavy atom. The summed E-state index contributed by atoms with van der Waals surface area (Å²) in [6, 6.07) is 15.9. The zero-order valence-corrected chi connectivity index (χ0v) is 20.5. The Bertz CT molecular complexity index is 1120. The van der Waals surface area contributed by atoms with E-state index >= 15 is 0 Å². The van der Waals surface area contributed by atoms with E-state index in [0.717, 1.165) is 46.4 Å². The van der Waals surface area contributed by atoms with Gasteiger partial charge >= 0.3 is 0 Å². The van der Waals surface area contributed by atoms with Crippen molar-refractivity contribution < 1.29 is 14.3 Å². The largest absolute Gasteiger partial charge is 0.497 e. The number of aromatic nitrogens is 1. The summed E-state index contributed by atoms with van der Waals surface area (Å²) in [4.78, 5) is 19.6. The number of carbonyl (C=O) groups is 1. The molecule has 3 aromatic rings. The fourth-order valence-corrected chi connectivity index (χ4v) is 4.75. The van der Waals surface area contributed by atoms with Crippen molar-refractivity contribution in [1.29, 1.82) is 0 Å². The molecule has 0 aliphatic carbocycles. The summed E-state index contributed by atoms with van der Waals surface area (Å²) >= 11 is 1.61. The van der Waals surface area contributed by atoms with E-state index in [1.807, 2.05) is 48.7 Å². The van der Waals surface area contributed by atoms with Gasteiger partial charge in [0, 0.05) is 23.6 Å². The highest BCUT2D eigenvalue weighted by Gasteiger charge is 2.24. The quantitative estimate of drug-likeness (QED) is 0.416. The van der Waals surface area contributed by atoms with Crippen molar-refractivity contribution in [3.63, 3.8) is 0 Å². The second-order valence-electron chi connectivity index (χ2n) is 8.30. The third kappa shape index (κ3) is 6.46. The van der Waals surface area contributed by atoms with Crippen LogP contribution in [0.2, 0.25) is 0 Å². The van der Waals surface area contributed by atoms with E-state index in [-0.39, 0.29) is 11.9 Å². The molecule has 0 bridgehead atoms. The molecule has 178 valence electrons. The summed E-state index contributed by atoms with van der Waals surface area (Å²) < 4.78 is 11.4. The van der Waals surface area contributed by atoms with Crippen molar-refractivity contribution in [2.24, 2.45) is 0 Å². The van der Waals surface area contributed by atoms with Crippen LogP contribution in [0.15, 0.2) is 60.0 Å². The van der Waals surface area contributed by atoms with Gasteiger partial charge in [0.05, 0.1) is 23.9 Å². The summed E-state index contributed by atoms with van der Waals surface area (Å²) in [5.41, 5.74) is 2.92. The minimum absolute atomic E-state index is 0.118. The molecule has 6 nitrogen and oxygen atoms in total. The van der Waals surface area contributed by atoms with Gasteiger partial charge in [-0.25, -0.2) is 4.98 Å². The number of carbonyl (C=O) groups excluding carboxylic acids is 1. The predicted molar refractivity (Wildman–Crippen MR) is 136 cm³/mol. The molecular weight excluding hydrogens is 446 g/mol. The lowest BCUT2D eigenvalue weighted by atomic mass is 10.0. The molecule has 1 N–H and O–H groups in total. The van der Waals surface area contributed by atoms with E-state index < -0.39 is 0 Å². The highest BCUT2D eigenvalue weighted by Crippen LogP contribution is 2.27. The molecule has 4 rings (SSSR count). The number of hydrogen-bond donors (Lipinski definition) is 1. The number of hydrogen-bond acceptors (Lipinski definition) is 6. The number of nitrogens with zero attached hydrogens (tertiary/aromatic N) is 2. The Labute approximate surface area is 205 Å². The van der Waals surface area contributed by atoms with Crippen LogP contribution >= 0.6 is 11.3 Å². The molecule has 1 aliphatic heterocycles. The molecule has 1 unspecified atom stereocenters. The van der Waals surface area contributed by atoms with E-state index in [0.29, 0.717) is 13.2 Å². The van der Waals surface area contributed by atoms with Crippen LogP contribution in [0.1, 0.15) is 40.7 Å². The van der Waals surface area contributed by atoms with Gasteiger partial charge in [-0.3, -0.25) is 9.69 Å². The van der Waals surface area contributed by atoms with Gasteiger partial charge in [0.15, 0.2) is 0 Å². The lowest BCUT2D eigenvalue weighted by molar-refractivity contribution is -0.116. The molecule has 2 heterocycles. The van der Waals surface area contributed by atoms with E-state index in [2.05, 4.69) is 27.3 Å². The van der Waals surface area contributed by atoms with Gasteiger partial charge in [-0.15, -0.1) is 11.3 Å². The number of ether oxygens (including phenoxy) is 2. The average molecular weight is 478 g/mol. The number of thiazole rings is 1. The maximum Gasteiger partial charge on any atom is 0.244 e. The summed E-state index contributed by atoms with van der Waals surface area (Å²) in [6.45, 7) is 5.00. The smallest absolute Gasteiger partial charge is 0.244 e. The minimum atomic E-state index is -0.128. The van der Waals surface area contributed by atoms with E-state index in [9.17, 15) is 4.79 Å². The minimum Gasteiger partial charge on any atom is -0.497 e. The van der Waals surface area contributed by atoms with E-state index in [4.69, 9.17) is 9.47 Å². The van der Waals surface area contributed by atoms with Gasteiger partial charge in [-0.1, -0.05) is 30.3 Å². The summed E-state index contributed by atoms with van der Waals surface area (Å²) in [6.07, 6.45) is 5.74. The van der Waals surface area contributed by atoms with Crippen LogP contribution in [0.25, 0.3) is 6.08 Å². The fourth-order valence-electron chi connectivity index (χ4n) is 4.16. The van der Waals surface area contributed by atoms with Gasteiger partial charge in [0.2, 0.25) is 5.91 Å². The van der Waals surface area contributed by atoms with Gasteiger partial charge in [0.1, 0.15) is 18.1 Å². The molecule has 7 heteroatoms. The van der Waals surface area contributed by atoms with Crippen LogP contribution in [-0.4, -0.2) is 42.5 Å². The first-order chi connectivity index (χ1) is 16.6. The normalized spacial score (nSPS) is 14.9. The summed E-state index contributed by atoms with van der Waals surface area (Å²) in [5, 5.41) is 6.11. The summed E-state index contributed by atoms with van der Waals surface area (Å²) in [7, 11) is 1.68. The fraction of sp³-hybridized carbons (Fsp3) is 0.333. The first kappa shape index (κ1) is 24.0. The summed E-state index contributed by atoms with van der Waals surface area (Å²) in [5.74, 6) is 1.43. The Balaban J connectivity index is 1.39. The van der Waals surface area contributed by atoms with Crippen molar-refractivity contribution in [3.8, 4) is 11.5 Å². The predicted octanol–water partition coefficient (Wildman–Crippen LogP) is 5.01. The van der Waals surface area contributed by atoms with Gasteiger partial charge in [-0.05, 0) is 62.7 Å². The van der Waals surface area contributed by atoms with Gasteiger partial charge in [-0.2, -0.15) is 0 Å². The molecule has 34 heavy (non-hydrogen) atoms. The van der Waals surface area contributed by atoms with Crippen LogP contribution in [0.5, 0.6) is 11.5 Å². The zero-order valence-electron chi connectivity index (χ0n) is 19.7. The lowest BCUT2D eigenvalue weighted by Gasteiger charge is -2.28. The first-order valence-corrected chi connectivity index (χ1v) is 12.5. The number of para-hydroxylation sites is 1. The van der Waals surface area contributed by atoms with Crippen molar-refractivity contribution in [1.82, 2.24) is 15.2 Å². The van der Waals surface area contributed by atoms with Crippen LogP contribution in [-0.2, 0) is 11.4 Å². The Morgan fingerprint density at radius 3 is 2.79 bits per heavy atom.